The number of fused-ring (bicyclic) bond motifs is 1. The maximum absolute atomic E-state index is 5.69. The fourth-order valence-electron chi connectivity index (χ4n) is 0.934. The number of halogens is 1. The predicted octanol–water partition coefficient (Wildman–Crippen LogP) is 1.01. The molecule has 0 bridgehead atoms. The number of nitrogens with one attached hydrogen (secondary N) is 1. The molecule has 0 atom stereocenters. The topological polar surface area (TPSA) is 63.7 Å². The zero-order valence-corrected chi connectivity index (χ0v) is 6.96. The fraction of sp³-hybridized carbons (Fsp3) is 0.167. The van der Waals surface area contributed by atoms with Crippen molar-refractivity contribution in [2.45, 2.75) is 0 Å². The van der Waals surface area contributed by atoms with Crippen molar-refractivity contribution in [1.82, 2.24) is 20.4 Å². The molecule has 0 fully saturated rings. The van der Waals surface area contributed by atoms with Crippen molar-refractivity contribution in [3.8, 4) is 5.88 Å². The van der Waals surface area contributed by atoms with Crippen LogP contribution in [0.3, 0.4) is 0 Å². The van der Waals surface area contributed by atoms with Gasteiger partial charge in [0.15, 0.2) is 5.52 Å². The molecule has 2 rings (SSSR count). The van der Waals surface area contributed by atoms with Crippen molar-refractivity contribution >= 4 is 22.6 Å². The summed E-state index contributed by atoms with van der Waals surface area (Å²) in [5.41, 5.74) is 1.23. The van der Waals surface area contributed by atoms with Crippen LogP contribution >= 0.6 is 11.6 Å². The Labute approximate surface area is 72.7 Å². The van der Waals surface area contributed by atoms with Crippen LogP contribution < -0.4 is 4.74 Å². The van der Waals surface area contributed by atoms with Crippen molar-refractivity contribution in [3.63, 3.8) is 0 Å². The van der Waals surface area contributed by atoms with E-state index < -0.39 is 0 Å². The molecule has 5 nitrogen and oxygen atoms in total. The zero-order chi connectivity index (χ0) is 8.55. The SMILES string of the molecule is COc1nc(Cl)cc2n[nH]nc12. The third-order valence-electron chi connectivity index (χ3n) is 1.43. The Morgan fingerprint density at radius 3 is 3.08 bits per heavy atom. The molecular formula is C6H5ClN4O. The van der Waals surface area contributed by atoms with E-state index in [4.69, 9.17) is 16.3 Å². The largest absolute Gasteiger partial charge is 0.479 e. The van der Waals surface area contributed by atoms with Gasteiger partial charge in [0.2, 0.25) is 5.88 Å². The van der Waals surface area contributed by atoms with Gasteiger partial charge < -0.3 is 4.74 Å². The molecule has 2 aromatic heterocycles. The standard InChI is InChI=1S/C6H5ClN4O/c1-12-6-5-3(9-11-10-5)2-4(7)8-6/h2H,1H3,(H,9,10,11). The summed E-state index contributed by atoms with van der Waals surface area (Å²) in [6, 6.07) is 1.61. The molecule has 0 aliphatic heterocycles. The summed E-state index contributed by atoms with van der Waals surface area (Å²) in [5, 5.41) is 10.5. The van der Waals surface area contributed by atoms with Crippen molar-refractivity contribution in [2.75, 3.05) is 7.11 Å². The lowest BCUT2D eigenvalue weighted by atomic mass is 10.4. The van der Waals surface area contributed by atoms with Gasteiger partial charge in [-0.3, -0.25) is 0 Å². The monoisotopic (exact) mass is 184 g/mol. The molecule has 6 heteroatoms. The molecule has 0 aromatic carbocycles. The van der Waals surface area contributed by atoms with Crippen LogP contribution in [0.25, 0.3) is 11.0 Å². The Morgan fingerprint density at radius 2 is 2.33 bits per heavy atom. The Balaban J connectivity index is 2.80. The lowest BCUT2D eigenvalue weighted by Crippen LogP contribution is -1.89. The maximum atomic E-state index is 5.69. The highest BCUT2D eigenvalue weighted by Gasteiger charge is 2.07. The van der Waals surface area contributed by atoms with Crippen molar-refractivity contribution in [1.29, 1.82) is 0 Å². The molecule has 0 radical (unpaired) electrons. The number of H-pyrrole nitrogens is 1. The minimum atomic E-state index is 0.341. The highest BCUT2D eigenvalue weighted by molar-refractivity contribution is 6.30. The Kier molecular flexibility index (Phi) is 1.58. The summed E-state index contributed by atoms with van der Waals surface area (Å²) in [4.78, 5) is 3.91. The van der Waals surface area contributed by atoms with E-state index >= 15 is 0 Å². The lowest BCUT2D eigenvalue weighted by molar-refractivity contribution is 0.402. The average Bonchev–Trinajstić information content (AvgIpc) is 2.50. The summed E-state index contributed by atoms with van der Waals surface area (Å²) in [6.07, 6.45) is 0. The van der Waals surface area contributed by atoms with E-state index in [1.165, 1.54) is 7.11 Å². The molecule has 12 heavy (non-hydrogen) atoms. The predicted molar refractivity (Wildman–Crippen MR) is 43.2 cm³/mol. The van der Waals surface area contributed by atoms with Gasteiger partial charge in [-0.15, -0.1) is 0 Å². The Bertz CT molecular complexity index is 413. The van der Waals surface area contributed by atoms with Gasteiger partial charge >= 0.3 is 0 Å². The highest BCUT2D eigenvalue weighted by atomic mass is 35.5. The highest BCUT2D eigenvalue weighted by Crippen LogP contribution is 2.21. The number of aromatic nitrogens is 4. The normalized spacial score (nSPS) is 10.5. The number of rotatable bonds is 1. The van der Waals surface area contributed by atoms with E-state index in [2.05, 4.69) is 20.4 Å². The lowest BCUT2D eigenvalue weighted by Gasteiger charge is -1.97. The molecule has 2 heterocycles. The van der Waals surface area contributed by atoms with Crippen LogP contribution in [0.4, 0.5) is 0 Å². The molecule has 0 amide bonds. The smallest absolute Gasteiger partial charge is 0.245 e. The van der Waals surface area contributed by atoms with Gasteiger partial charge in [-0.05, 0) is 0 Å². The second-order valence-corrected chi connectivity index (χ2v) is 2.53. The first-order chi connectivity index (χ1) is 5.81. The van der Waals surface area contributed by atoms with Crippen LogP contribution in [-0.2, 0) is 0 Å². The van der Waals surface area contributed by atoms with E-state index in [1.807, 2.05) is 0 Å². The molecule has 0 aliphatic carbocycles. The maximum Gasteiger partial charge on any atom is 0.245 e. The van der Waals surface area contributed by atoms with E-state index in [-0.39, 0.29) is 0 Å². The van der Waals surface area contributed by atoms with Crippen molar-refractivity contribution < 1.29 is 4.74 Å². The van der Waals surface area contributed by atoms with Crippen LogP contribution in [0.2, 0.25) is 5.15 Å². The van der Waals surface area contributed by atoms with Gasteiger partial charge in [0.25, 0.3) is 0 Å². The first-order valence-electron chi connectivity index (χ1n) is 3.22. The zero-order valence-electron chi connectivity index (χ0n) is 6.21. The van der Waals surface area contributed by atoms with Crippen LogP contribution in [0.15, 0.2) is 6.07 Å². The fourth-order valence-corrected chi connectivity index (χ4v) is 1.11. The minimum Gasteiger partial charge on any atom is -0.479 e. The summed E-state index contributed by atoms with van der Waals surface area (Å²) in [5.74, 6) is 0.381. The summed E-state index contributed by atoms with van der Waals surface area (Å²) in [7, 11) is 1.51. The summed E-state index contributed by atoms with van der Waals surface area (Å²) < 4.78 is 4.95. The van der Waals surface area contributed by atoms with Crippen LogP contribution in [0, 0.1) is 0 Å². The third-order valence-corrected chi connectivity index (χ3v) is 1.63. The molecule has 0 saturated carbocycles. The molecule has 0 spiro atoms. The second kappa shape index (κ2) is 2.60. The summed E-state index contributed by atoms with van der Waals surface area (Å²) >= 11 is 5.69. The molecule has 62 valence electrons. The first-order valence-corrected chi connectivity index (χ1v) is 3.60. The number of aromatic amines is 1. The van der Waals surface area contributed by atoms with E-state index in [1.54, 1.807) is 6.07 Å². The third kappa shape index (κ3) is 0.984. The van der Waals surface area contributed by atoms with Gasteiger partial charge in [0, 0.05) is 6.07 Å². The molecule has 0 saturated heterocycles. The van der Waals surface area contributed by atoms with Crippen LogP contribution in [-0.4, -0.2) is 27.5 Å². The molecule has 0 unspecified atom stereocenters. The van der Waals surface area contributed by atoms with Crippen molar-refractivity contribution in [2.24, 2.45) is 0 Å². The van der Waals surface area contributed by atoms with Gasteiger partial charge in [0.05, 0.1) is 7.11 Å². The minimum absolute atomic E-state index is 0.341. The Morgan fingerprint density at radius 1 is 1.50 bits per heavy atom. The molecule has 2 aromatic rings. The van der Waals surface area contributed by atoms with Gasteiger partial charge in [-0.2, -0.15) is 20.4 Å². The van der Waals surface area contributed by atoms with E-state index in [9.17, 15) is 0 Å². The number of methoxy groups -OCH3 is 1. The van der Waals surface area contributed by atoms with Crippen molar-refractivity contribution in [3.05, 3.63) is 11.2 Å². The number of hydrogen-bond acceptors (Lipinski definition) is 4. The Hall–Kier alpha value is -1.36. The van der Waals surface area contributed by atoms with Crippen LogP contribution in [0.5, 0.6) is 5.88 Å². The van der Waals surface area contributed by atoms with Gasteiger partial charge in [-0.25, -0.2) is 0 Å². The molecule has 0 aliphatic rings. The molecular weight excluding hydrogens is 180 g/mol. The van der Waals surface area contributed by atoms with E-state index in [0.29, 0.717) is 22.1 Å². The quantitative estimate of drug-likeness (QED) is 0.672. The average molecular weight is 185 g/mol. The summed E-state index contributed by atoms with van der Waals surface area (Å²) in [6.45, 7) is 0. The number of hydrogen-bond donors (Lipinski definition) is 1. The second-order valence-electron chi connectivity index (χ2n) is 2.15. The van der Waals surface area contributed by atoms with Crippen LogP contribution in [0.1, 0.15) is 0 Å². The number of pyridine rings is 1. The molecule has 1 N–H and O–H groups in total. The number of nitrogens with zero attached hydrogens (tertiary/aromatic N) is 3. The van der Waals surface area contributed by atoms with Gasteiger partial charge in [0.1, 0.15) is 10.7 Å². The van der Waals surface area contributed by atoms with E-state index in [0.717, 1.165) is 0 Å². The number of ether oxygens (including phenoxy) is 1. The first kappa shape index (κ1) is 7.30. The van der Waals surface area contributed by atoms with Gasteiger partial charge in [-0.1, -0.05) is 11.6 Å².